The van der Waals surface area contributed by atoms with E-state index >= 15 is 0 Å². The molecule has 1 aromatic rings. The highest BCUT2D eigenvalue weighted by Gasteiger charge is 2.36. The van der Waals surface area contributed by atoms with Gasteiger partial charge in [0.15, 0.2) is 0 Å². The van der Waals surface area contributed by atoms with E-state index in [-0.39, 0.29) is 17.7 Å². The highest BCUT2D eigenvalue weighted by atomic mass is 32.1. The lowest BCUT2D eigenvalue weighted by Gasteiger charge is -2.35. The first kappa shape index (κ1) is 31.4. The number of terminal acetylenes is 1. The van der Waals surface area contributed by atoms with Crippen molar-refractivity contribution in [2.45, 2.75) is 97.4 Å². The zero-order valence-corrected chi connectivity index (χ0v) is 23.5. The summed E-state index contributed by atoms with van der Waals surface area (Å²) in [5, 5.41) is 5.69. The van der Waals surface area contributed by atoms with Crippen LogP contribution in [0.1, 0.15) is 90.8 Å². The molecule has 8 heteroatoms. The van der Waals surface area contributed by atoms with Crippen LogP contribution in [0.5, 0.6) is 0 Å². The average Bonchev–Trinajstić information content (AvgIpc) is 2.80. The Labute approximate surface area is 222 Å². The third-order valence-corrected chi connectivity index (χ3v) is 5.89. The number of thiol groups is 1. The van der Waals surface area contributed by atoms with Gasteiger partial charge in [0.2, 0.25) is 11.8 Å². The molecule has 0 aliphatic rings. The molecule has 0 heterocycles. The van der Waals surface area contributed by atoms with E-state index in [1.165, 1.54) is 0 Å². The van der Waals surface area contributed by atoms with Gasteiger partial charge in [-0.1, -0.05) is 51.2 Å². The van der Waals surface area contributed by atoms with Gasteiger partial charge < -0.3 is 20.3 Å². The molecule has 200 valence electrons. The zero-order chi connectivity index (χ0) is 27.3. The van der Waals surface area contributed by atoms with E-state index in [1.807, 2.05) is 6.92 Å². The first-order valence-corrected chi connectivity index (χ1v) is 13.4. The summed E-state index contributed by atoms with van der Waals surface area (Å²) in [6.07, 6.45) is 9.11. The van der Waals surface area contributed by atoms with Gasteiger partial charge in [0.25, 0.3) is 0 Å². The van der Waals surface area contributed by atoms with Crippen LogP contribution in [0.4, 0.5) is 4.79 Å². The summed E-state index contributed by atoms with van der Waals surface area (Å²) in [4.78, 5) is 41.4. The minimum Gasteiger partial charge on any atom is -0.444 e. The maximum absolute atomic E-state index is 13.8. The normalized spacial score (nSPS) is 13.6. The number of hydrogen-bond donors (Lipinski definition) is 3. The summed E-state index contributed by atoms with van der Waals surface area (Å²) in [5.74, 6) is 1.97. The molecule has 1 aromatic carbocycles. The lowest BCUT2D eigenvalue weighted by Crippen LogP contribution is -2.54. The van der Waals surface area contributed by atoms with E-state index in [0.29, 0.717) is 24.1 Å². The smallest absolute Gasteiger partial charge is 0.408 e. The van der Waals surface area contributed by atoms with Gasteiger partial charge in [-0.15, -0.1) is 6.42 Å². The molecule has 0 radical (unpaired) electrons. The molecule has 3 unspecified atom stereocenters. The Morgan fingerprint density at radius 3 is 2.22 bits per heavy atom. The van der Waals surface area contributed by atoms with E-state index in [9.17, 15) is 14.4 Å². The predicted molar refractivity (Wildman–Crippen MR) is 148 cm³/mol. The van der Waals surface area contributed by atoms with E-state index in [2.05, 4.69) is 43.0 Å². The minimum absolute atomic E-state index is 0.0526. The van der Waals surface area contributed by atoms with Crippen LogP contribution in [0.15, 0.2) is 24.3 Å². The van der Waals surface area contributed by atoms with Crippen LogP contribution in [0.25, 0.3) is 0 Å². The fourth-order valence-corrected chi connectivity index (χ4v) is 4.04. The number of unbranched alkanes of at least 4 members (excludes halogenated alkanes) is 2. The average molecular weight is 518 g/mol. The van der Waals surface area contributed by atoms with Crippen molar-refractivity contribution in [1.82, 2.24) is 15.5 Å². The number of hydrogen-bond acceptors (Lipinski definition) is 5. The molecule has 0 aliphatic heterocycles. The van der Waals surface area contributed by atoms with Crippen molar-refractivity contribution in [3.63, 3.8) is 0 Å². The van der Waals surface area contributed by atoms with Gasteiger partial charge in [0.1, 0.15) is 17.7 Å². The van der Waals surface area contributed by atoms with E-state index < -0.39 is 29.7 Å². The van der Waals surface area contributed by atoms with E-state index in [4.69, 9.17) is 11.2 Å². The SMILES string of the molecule is C#Cc1ccc(C(C(=O)NC(C)CCC)N(CCCCC)C(=O)C(CS)NC(=O)OC(C)(C)C)cc1. The van der Waals surface area contributed by atoms with Crippen LogP contribution < -0.4 is 10.6 Å². The van der Waals surface area contributed by atoms with Crippen molar-refractivity contribution < 1.29 is 19.1 Å². The van der Waals surface area contributed by atoms with Gasteiger partial charge in [0.05, 0.1) is 0 Å². The van der Waals surface area contributed by atoms with Crippen molar-refractivity contribution in [3.05, 3.63) is 35.4 Å². The van der Waals surface area contributed by atoms with E-state index in [0.717, 1.165) is 25.7 Å². The molecule has 3 atom stereocenters. The van der Waals surface area contributed by atoms with E-state index in [1.54, 1.807) is 49.9 Å². The van der Waals surface area contributed by atoms with Crippen LogP contribution in [0.2, 0.25) is 0 Å². The van der Waals surface area contributed by atoms with Crippen LogP contribution in [-0.4, -0.2) is 52.8 Å². The summed E-state index contributed by atoms with van der Waals surface area (Å²) in [6.45, 7) is 11.7. The standard InChI is InChI=1S/C28H43N3O4S/c1-8-11-12-18-31(26(33)23(19-36)30-27(34)35-28(5,6)7)24(25(32)29-20(4)13-9-2)22-16-14-21(10-3)15-17-22/h3,14-17,20,23-24,36H,8-9,11-13,18-19H2,1-2,4-7H3,(H,29,32)(H,30,34). The lowest BCUT2D eigenvalue weighted by molar-refractivity contribution is -0.142. The summed E-state index contributed by atoms with van der Waals surface area (Å²) in [6, 6.07) is 5.18. The maximum atomic E-state index is 13.8. The van der Waals surface area contributed by atoms with Gasteiger partial charge in [-0.3, -0.25) is 9.59 Å². The van der Waals surface area contributed by atoms with Gasteiger partial charge in [0, 0.05) is 23.9 Å². The molecule has 2 N–H and O–H groups in total. The number of benzene rings is 1. The molecule has 0 aromatic heterocycles. The summed E-state index contributed by atoms with van der Waals surface area (Å²) < 4.78 is 5.34. The molecule has 0 spiro atoms. The molecule has 0 bridgehead atoms. The van der Waals surface area contributed by atoms with Crippen LogP contribution in [0, 0.1) is 12.3 Å². The quantitative estimate of drug-likeness (QED) is 0.198. The number of rotatable bonds is 13. The first-order valence-electron chi connectivity index (χ1n) is 12.7. The second-order valence-corrected chi connectivity index (χ2v) is 10.4. The van der Waals surface area contributed by atoms with Crippen molar-refractivity contribution in [3.8, 4) is 12.3 Å². The maximum Gasteiger partial charge on any atom is 0.408 e. The number of ether oxygens (including phenoxy) is 1. The Morgan fingerprint density at radius 2 is 1.72 bits per heavy atom. The fourth-order valence-electron chi connectivity index (χ4n) is 3.80. The number of nitrogens with zero attached hydrogens (tertiary/aromatic N) is 1. The van der Waals surface area contributed by atoms with Crippen molar-refractivity contribution in [2.24, 2.45) is 0 Å². The van der Waals surface area contributed by atoms with Crippen LogP contribution in [-0.2, 0) is 14.3 Å². The monoisotopic (exact) mass is 517 g/mol. The molecular formula is C28H43N3O4S. The van der Waals surface area contributed by atoms with Crippen LogP contribution in [0.3, 0.4) is 0 Å². The Hall–Kier alpha value is -2.66. The lowest BCUT2D eigenvalue weighted by atomic mass is 10.00. The minimum atomic E-state index is -0.960. The largest absolute Gasteiger partial charge is 0.444 e. The highest BCUT2D eigenvalue weighted by molar-refractivity contribution is 7.80. The second kappa shape index (κ2) is 15.5. The van der Waals surface area contributed by atoms with Gasteiger partial charge >= 0.3 is 6.09 Å². The van der Waals surface area contributed by atoms with Crippen LogP contribution >= 0.6 is 12.6 Å². The zero-order valence-electron chi connectivity index (χ0n) is 22.6. The highest BCUT2D eigenvalue weighted by Crippen LogP contribution is 2.25. The second-order valence-electron chi connectivity index (χ2n) is 9.99. The van der Waals surface area contributed by atoms with Gasteiger partial charge in [-0.25, -0.2) is 4.79 Å². The third kappa shape index (κ3) is 10.5. The number of amides is 3. The topological polar surface area (TPSA) is 87.7 Å². The molecule has 0 saturated heterocycles. The number of alkyl carbamates (subject to hydrolysis) is 1. The Morgan fingerprint density at radius 1 is 1.08 bits per heavy atom. The summed E-state index contributed by atoms with van der Waals surface area (Å²) in [5.41, 5.74) is 0.613. The summed E-state index contributed by atoms with van der Waals surface area (Å²) in [7, 11) is 0. The predicted octanol–water partition coefficient (Wildman–Crippen LogP) is 4.86. The molecular weight excluding hydrogens is 474 g/mol. The molecule has 0 aliphatic carbocycles. The molecule has 7 nitrogen and oxygen atoms in total. The Bertz CT molecular complexity index is 890. The first-order chi connectivity index (χ1) is 17.0. The molecule has 0 fully saturated rings. The van der Waals surface area contributed by atoms with Crippen molar-refractivity contribution in [1.29, 1.82) is 0 Å². The Kier molecular flexibility index (Phi) is 13.5. The molecule has 1 rings (SSSR count). The molecule has 36 heavy (non-hydrogen) atoms. The molecule has 3 amide bonds. The van der Waals surface area contributed by atoms with Gasteiger partial charge in [-0.2, -0.15) is 12.6 Å². The van der Waals surface area contributed by atoms with Gasteiger partial charge in [-0.05, 0) is 58.2 Å². The third-order valence-electron chi connectivity index (χ3n) is 5.52. The fraction of sp³-hybridized carbons (Fsp3) is 0.607. The van der Waals surface area contributed by atoms with Crippen molar-refractivity contribution >= 4 is 30.5 Å². The molecule has 0 saturated carbocycles. The number of carbonyl (C=O) groups is 3. The Balaban J connectivity index is 3.41. The number of nitrogens with one attached hydrogen (secondary N) is 2. The summed E-state index contributed by atoms with van der Waals surface area (Å²) >= 11 is 4.32. The van der Waals surface area contributed by atoms with Crippen molar-refractivity contribution in [2.75, 3.05) is 12.3 Å². The number of carbonyl (C=O) groups excluding carboxylic acids is 3.